The fourth-order valence-electron chi connectivity index (χ4n) is 4.81. The lowest BCUT2D eigenvalue weighted by molar-refractivity contribution is -0.169. The Labute approximate surface area is 173 Å². The van der Waals surface area contributed by atoms with Gasteiger partial charge in [-0.25, -0.2) is 0 Å². The van der Waals surface area contributed by atoms with Crippen molar-refractivity contribution in [3.63, 3.8) is 0 Å². The van der Waals surface area contributed by atoms with E-state index in [4.69, 9.17) is 4.43 Å². The summed E-state index contributed by atoms with van der Waals surface area (Å²) in [6.07, 6.45) is 4.93. The van der Waals surface area contributed by atoms with Gasteiger partial charge in [0.2, 0.25) is 0 Å². The maximum atomic E-state index is 11.7. The molecule has 0 aliphatic heterocycles. The van der Waals surface area contributed by atoms with Gasteiger partial charge in [-0.05, 0) is 31.5 Å². The van der Waals surface area contributed by atoms with E-state index >= 15 is 0 Å². The first-order valence-electron chi connectivity index (χ1n) is 11.0. The highest BCUT2D eigenvalue weighted by Gasteiger charge is 2.54. The van der Waals surface area contributed by atoms with Crippen LogP contribution in [0, 0.1) is 11.3 Å². The maximum Gasteiger partial charge on any atom is 0.197 e. The summed E-state index contributed by atoms with van der Waals surface area (Å²) in [5, 5.41) is 21.5. The van der Waals surface area contributed by atoms with Crippen LogP contribution in [0.2, 0.25) is 13.1 Å². The van der Waals surface area contributed by atoms with E-state index in [1.54, 1.807) is 0 Å². The second-order valence-corrected chi connectivity index (χ2v) is 14.9. The van der Waals surface area contributed by atoms with Crippen LogP contribution in [0.25, 0.3) is 0 Å². The molecule has 1 fully saturated rings. The fraction of sp³-hybridized carbons (Fsp3) is 0.750. The molecular weight excluding hydrogens is 364 g/mol. The minimum absolute atomic E-state index is 0.00296. The van der Waals surface area contributed by atoms with Crippen LogP contribution >= 0.6 is 0 Å². The van der Waals surface area contributed by atoms with Gasteiger partial charge in [0, 0.05) is 23.0 Å². The maximum absolute atomic E-state index is 11.7. The molecule has 0 unspecified atom stereocenters. The van der Waals surface area contributed by atoms with Gasteiger partial charge in [-0.3, -0.25) is 0 Å². The quantitative estimate of drug-likeness (QED) is 0.618. The van der Waals surface area contributed by atoms with E-state index in [0.717, 1.165) is 32.1 Å². The van der Waals surface area contributed by atoms with Crippen LogP contribution in [0.4, 0.5) is 0 Å². The van der Waals surface area contributed by atoms with Gasteiger partial charge in [0.25, 0.3) is 0 Å². The van der Waals surface area contributed by atoms with Crippen LogP contribution < -0.4 is 0 Å². The molecule has 0 amide bonds. The monoisotopic (exact) mass is 406 g/mol. The van der Waals surface area contributed by atoms with Crippen molar-refractivity contribution in [1.82, 2.24) is 0 Å². The van der Waals surface area contributed by atoms with Crippen LogP contribution in [0.3, 0.4) is 0 Å². The molecule has 1 saturated carbocycles. The molecule has 1 aromatic carbocycles. The summed E-state index contributed by atoms with van der Waals surface area (Å²) >= 11 is 0. The standard InChI is InChI=1S/C24H42O3Si/c1-19(18-25)24(26)17-13-9-12-16-21(22(24,2)3)27-28(6,7)23(4,5)20-14-10-8-11-15-20/h8,10-11,14-15,19,21,25-26H,9,12-13,16-18H2,1-7H3/t19-,21-,24+/m0/s1. The highest BCUT2D eigenvalue weighted by molar-refractivity contribution is 6.74. The molecule has 1 aromatic rings. The summed E-state index contributed by atoms with van der Waals surface area (Å²) in [5.41, 5.74) is -0.0322. The third-order valence-electron chi connectivity index (χ3n) is 7.97. The average Bonchev–Trinajstić information content (AvgIpc) is 2.65. The van der Waals surface area contributed by atoms with Crippen molar-refractivity contribution in [1.29, 1.82) is 0 Å². The van der Waals surface area contributed by atoms with E-state index in [-0.39, 0.29) is 23.7 Å². The van der Waals surface area contributed by atoms with Crippen LogP contribution in [0.15, 0.2) is 30.3 Å². The van der Waals surface area contributed by atoms with Crippen molar-refractivity contribution < 1.29 is 14.6 Å². The van der Waals surface area contributed by atoms with Gasteiger partial charge >= 0.3 is 0 Å². The number of hydrogen-bond donors (Lipinski definition) is 2. The number of hydrogen-bond acceptors (Lipinski definition) is 3. The lowest BCUT2D eigenvalue weighted by Gasteiger charge is -2.54. The molecule has 2 N–H and O–H groups in total. The highest BCUT2D eigenvalue weighted by Crippen LogP contribution is 2.49. The summed E-state index contributed by atoms with van der Waals surface area (Å²) in [7, 11) is -2.17. The predicted octanol–water partition coefficient (Wildman–Crippen LogP) is 5.44. The number of benzene rings is 1. The van der Waals surface area contributed by atoms with Gasteiger partial charge in [0.05, 0.1) is 11.7 Å². The molecule has 0 spiro atoms. The van der Waals surface area contributed by atoms with Crippen LogP contribution in [-0.4, -0.2) is 36.8 Å². The molecule has 4 heteroatoms. The average molecular weight is 407 g/mol. The fourth-order valence-corrected chi connectivity index (χ4v) is 7.09. The van der Waals surface area contributed by atoms with Crippen molar-refractivity contribution in [2.45, 2.75) is 96.6 Å². The summed E-state index contributed by atoms with van der Waals surface area (Å²) < 4.78 is 7.04. The topological polar surface area (TPSA) is 49.7 Å². The Kier molecular flexibility index (Phi) is 7.24. The number of aliphatic hydroxyl groups excluding tert-OH is 1. The Morgan fingerprint density at radius 3 is 2.32 bits per heavy atom. The molecule has 160 valence electrons. The minimum Gasteiger partial charge on any atom is -0.413 e. The van der Waals surface area contributed by atoms with Crippen molar-refractivity contribution in [2.75, 3.05) is 6.61 Å². The van der Waals surface area contributed by atoms with E-state index in [9.17, 15) is 10.2 Å². The third-order valence-corrected chi connectivity index (χ3v) is 12.1. The van der Waals surface area contributed by atoms with Crippen LogP contribution in [-0.2, 0) is 9.46 Å². The first-order valence-corrected chi connectivity index (χ1v) is 13.9. The molecule has 0 heterocycles. The molecule has 0 bridgehead atoms. The molecule has 0 radical (unpaired) electrons. The van der Waals surface area contributed by atoms with Crippen molar-refractivity contribution in [2.24, 2.45) is 11.3 Å². The van der Waals surface area contributed by atoms with E-state index in [0.29, 0.717) is 0 Å². The molecule has 28 heavy (non-hydrogen) atoms. The molecule has 3 nitrogen and oxygen atoms in total. The van der Waals surface area contributed by atoms with Gasteiger partial charge in [0.1, 0.15) is 0 Å². The summed E-state index contributed by atoms with van der Waals surface area (Å²) in [5.74, 6) is -0.168. The number of rotatable bonds is 6. The molecule has 0 aromatic heterocycles. The Balaban J connectivity index is 2.37. The lowest BCUT2D eigenvalue weighted by Crippen LogP contribution is -2.61. The second-order valence-electron chi connectivity index (χ2n) is 10.4. The summed E-state index contributed by atoms with van der Waals surface area (Å²) in [6.45, 7) is 15.5. The van der Waals surface area contributed by atoms with Crippen LogP contribution in [0.1, 0.15) is 72.3 Å². The highest BCUT2D eigenvalue weighted by atomic mass is 28.4. The van der Waals surface area contributed by atoms with E-state index in [2.05, 4.69) is 71.1 Å². The second kappa shape index (κ2) is 8.59. The molecule has 1 aliphatic carbocycles. The van der Waals surface area contributed by atoms with Gasteiger partial charge < -0.3 is 14.6 Å². The Morgan fingerprint density at radius 1 is 1.14 bits per heavy atom. The van der Waals surface area contributed by atoms with E-state index in [1.807, 2.05) is 6.92 Å². The molecular formula is C24H42O3Si. The minimum atomic E-state index is -2.17. The first-order chi connectivity index (χ1) is 12.9. The smallest absolute Gasteiger partial charge is 0.197 e. The summed E-state index contributed by atoms with van der Waals surface area (Å²) in [4.78, 5) is 0. The zero-order valence-electron chi connectivity index (χ0n) is 19.1. The number of aliphatic hydroxyl groups is 2. The SMILES string of the molecule is C[C@@H](CO)[C@]1(O)CCCCC[C@H](O[Si](C)(C)C(C)(C)c2ccccc2)C1(C)C. The van der Waals surface area contributed by atoms with Gasteiger partial charge in [-0.2, -0.15) is 0 Å². The summed E-state index contributed by atoms with van der Waals surface area (Å²) in [6, 6.07) is 10.7. The Hall–Kier alpha value is -0.683. The van der Waals surface area contributed by atoms with Crippen molar-refractivity contribution in [3.8, 4) is 0 Å². The largest absolute Gasteiger partial charge is 0.413 e. The Morgan fingerprint density at radius 2 is 1.75 bits per heavy atom. The van der Waals surface area contributed by atoms with Gasteiger partial charge in [-0.1, -0.05) is 84.2 Å². The first kappa shape index (κ1) is 23.6. The van der Waals surface area contributed by atoms with E-state index in [1.165, 1.54) is 5.56 Å². The predicted molar refractivity (Wildman–Crippen MR) is 120 cm³/mol. The Bertz CT molecular complexity index is 626. The normalized spacial score (nSPS) is 27.7. The third kappa shape index (κ3) is 4.25. The molecule has 1 aliphatic rings. The van der Waals surface area contributed by atoms with Crippen molar-refractivity contribution >= 4 is 8.32 Å². The molecule has 0 saturated heterocycles. The zero-order valence-corrected chi connectivity index (χ0v) is 20.1. The van der Waals surface area contributed by atoms with Crippen LogP contribution in [0.5, 0.6) is 0 Å². The van der Waals surface area contributed by atoms with Crippen molar-refractivity contribution in [3.05, 3.63) is 35.9 Å². The molecule has 3 atom stereocenters. The zero-order chi connectivity index (χ0) is 21.2. The van der Waals surface area contributed by atoms with Gasteiger partial charge in [-0.15, -0.1) is 0 Å². The van der Waals surface area contributed by atoms with E-state index < -0.39 is 19.3 Å². The molecule has 2 rings (SSSR count). The lowest BCUT2D eigenvalue weighted by atomic mass is 9.61. The van der Waals surface area contributed by atoms with Gasteiger partial charge in [0.15, 0.2) is 8.32 Å².